The van der Waals surface area contributed by atoms with E-state index in [9.17, 15) is 4.79 Å². The zero-order valence-corrected chi connectivity index (χ0v) is 14.4. The van der Waals surface area contributed by atoms with Crippen LogP contribution in [0.1, 0.15) is 11.1 Å². The van der Waals surface area contributed by atoms with E-state index in [1.54, 1.807) is 12.1 Å². The fraction of sp³-hybridized carbons (Fsp3) is 0.111. The van der Waals surface area contributed by atoms with Crippen molar-refractivity contribution in [1.82, 2.24) is 0 Å². The van der Waals surface area contributed by atoms with E-state index in [1.165, 1.54) is 16.7 Å². The number of thioether (sulfide) groups is 1. The Balaban J connectivity index is 1.68. The highest BCUT2D eigenvalue weighted by molar-refractivity contribution is 8.27. The predicted molar refractivity (Wildman–Crippen MR) is 99.4 cm³/mol. The molecule has 2 aliphatic rings. The summed E-state index contributed by atoms with van der Waals surface area (Å²) in [5.74, 6) is 1.19. The number of amides is 1. The van der Waals surface area contributed by atoms with Gasteiger partial charge in [-0.05, 0) is 36.3 Å². The molecule has 1 amide bonds. The summed E-state index contributed by atoms with van der Waals surface area (Å²) in [6, 6.07) is 13.3. The fourth-order valence-corrected chi connectivity index (χ4v) is 3.89. The normalized spacial score (nSPS) is 17.9. The molecular formula is C18H13NO3S2. The maximum Gasteiger partial charge on any atom is 0.270 e. The highest BCUT2D eigenvalue weighted by Gasteiger charge is 2.34. The predicted octanol–water partition coefficient (Wildman–Crippen LogP) is 4.13. The molecule has 0 unspecified atom stereocenters. The van der Waals surface area contributed by atoms with Crippen LogP contribution in [0, 0.1) is 6.92 Å². The Hall–Kier alpha value is -2.31. The first kappa shape index (κ1) is 15.2. The zero-order chi connectivity index (χ0) is 16.7. The van der Waals surface area contributed by atoms with E-state index in [2.05, 4.69) is 0 Å². The first-order chi connectivity index (χ1) is 11.6. The van der Waals surface area contributed by atoms with Crippen molar-refractivity contribution in [3.05, 3.63) is 58.5 Å². The zero-order valence-electron chi connectivity index (χ0n) is 12.8. The monoisotopic (exact) mass is 355 g/mol. The summed E-state index contributed by atoms with van der Waals surface area (Å²) in [4.78, 5) is 15.0. The highest BCUT2D eigenvalue weighted by atomic mass is 32.2. The SMILES string of the molecule is Cc1ccccc1/C=C1/SC(=S)N(c2ccc3c(c2)OCO3)C1=O. The van der Waals surface area contributed by atoms with Gasteiger partial charge in [0, 0.05) is 6.07 Å². The van der Waals surface area contributed by atoms with Crippen molar-refractivity contribution < 1.29 is 14.3 Å². The van der Waals surface area contributed by atoms with Gasteiger partial charge in [0.2, 0.25) is 6.79 Å². The van der Waals surface area contributed by atoms with Crippen molar-refractivity contribution in [2.45, 2.75) is 6.92 Å². The Labute approximate surface area is 149 Å². The Kier molecular flexibility index (Phi) is 3.78. The molecule has 1 fully saturated rings. The summed E-state index contributed by atoms with van der Waals surface area (Å²) >= 11 is 6.72. The van der Waals surface area contributed by atoms with Gasteiger partial charge in [-0.1, -0.05) is 48.2 Å². The lowest BCUT2D eigenvalue weighted by molar-refractivity contribution is -0.113. The molecule has 120 valence electrons. The molecule has 0 radical (unpaired) electrons. The number of aryl methyl sites for hydroxylation is 1. The third-order valence-corrected chi connectivity index (χ3v) is 5.19. The van der Waals surface area contributed by atoms with Gasteiger partial charge in [0.15, 0.2) is 15.8 Å². The molecule has 0 N–H and O–H groups in total. The number of fused-ring (bicyclic) bond motifs is 1. The second kappa shape index (κ2) is 5.96. The van der Waals surface area contributed by atoms with Crippen molar-refractivity contribution >= 4 is 46.0 Å². The Morgan fingerprint density at radius 2 is 1.96 bits per heavy atom. The summed E-state index contributed by atoms with van der Waals surface area (Å²) in [5, 5.41) is 0. The van der Waals surface area contributed by atoms with Crippen LogP contribution in [0.2, 0.25) is 0 Å². The van der Waals surface area contributed by atoms with Gasteiger partial charge in [-0.15, -0.1) is 0 Å². The van der Waals surface area contributed by atoms with Crippen molar-refractivity contribution in [2.24, 2.45) is 0 Å². The smallest absolute Gasteiger partial charge is 0.270 e. The van der Waals surface area contributed by atoms with Gasteiger partial charge in [0.05, 0.1) is 10.6 Å². The molecule has 2 heterocycles. The van der Waals surface area contributed by atoms with Crippen LogP contribution in [0.25, 0.3) is 6.08 Å². The number of hydrogen-bond donors (Lipinski definition) is 0. The molecule has 4 rings (SSSR count). The molecule has 2 aromatic carbocycles. The van der Waals surface area contributed by atoms with Crippen LogP contribution in [0.5, 0.6) is 11.5 Å². The van der Waals surface area contributed by atoms with E-state index in [1.807, 2.05) is 43.3 Å². The Morgan fingerprint density at radius 1 is 1.17 bits per heavy atom. The molecule has 1 saturated heterocycles. The Bertz CT molecular complexity index is 892. The lowest BCUT2D eigenvalue weighted by atomic mass is 10.1. The van der Waals surface area contributed by atoms with Crippen LogP contribution >= 0.6 is 24.0 Å². The van der Waals surface area contributed by atoms with Crippen LogP contribution in [0.3, 0.4) is 0 Å². The lowest BCUT2D eigenvalue weighted by Gasteiger charge is -2.14. The average molecular weight is 355 g/mol. The summed E-state index contributed by atoms with van der Waals surface area (Å²) in [6.07, 6.45) is 1.89. The second-order valence-corrected chi connectivity index (χ2v) is 7.09. The molecule has 6 heteroatoms. The largest absolute Gasteiger partial charge is 0.454 e. The number of anilines is 1. The number of hydrogen-bond acceptors (Lipinski definition) is 5. The summed E-state index contributed by atoms with van der Waals surface area (Å²) in [6.45, 7) is 2.22. The molecular weight excluding hydrogens is 342 g/mol. The fourth-order valence-electron chi connectivity index (χ4n) is 2.60. The van der Waals surface area contributed by atoms with Crippen LogP contribution in [0.15, 0.2) is 47.4 Å². The number of carbonyl (C=O) groups excluding carboxylic acids is 1. The van der Waals surface area contributed by atoms with Gasteiger partial charge in [-0.3, -0.25) is 9.69 Å². The van der Waals surface area contributed by atoms with Crippen LogP contribution < -0.4 is 14.4 Å². The van der Waals surface area contributed by atoms with Gasteiger partial charge >= 0.3 is 0 Å². The first-order valence-electron chi connectivity index (χ1n) is 7.37. The summed E-state index contributed by atoms with van der Waals surface area (Å²) in [5.41, 5.74) is 2.82. The highest BCUT2D eigenvalue weighted by Crippen LogP contribution is 2.40. The van der Waals surface area contributed by atoms with Gasteiger partial charge in [-0.2, -0.15) is 0 Å². The van der Waals surface area contributed by atoms with Crippen molar-refractivity contribution in [1.29, 1.82) is 0 Å². The minimum atomic E-state index is -0.118. The summed E-state index contributed by atoms with van der Waals surface area (Å²) in [7, 11) is 0. The van der Waals surface area contributed by atoms with E-state index in [0.717, 1.165) is 11.1 Å². The maximum absolute atomic E-state index is 12.8. The molecule has 24 heavy (non-hydrogen) atoms. The number of nitrogens with zero attached hydrogens (tertiary/aromatic N) is 1. The molecule has 0 aromatic heterocycles. The second-order valence-electron chi connectivity index (χ2n) is 5.41. The standard InChI is InChI=1S/C18H13NO3S2/c1-11-4-2-3-5-12(11)8-16-17(20)19(18(23)24-16)13-6-7-14-15(9-13)22-10-21-14/h2-9H,10H2,1H3/b16-8+. The number of carbonyl (C=O) groups is 1. The first-order valence-corrected chi connectivity index (χ1v) is 8.59. The average Bonchev–Trinajstić information content (AvgIpc) is 3.14. The molecule has 0 saturated carbocycles. The molecule has 2 aromatic rings. The number of benzene rings is 2. The molecule has 4 nitrogen and oxygen atoms in total. The van der Waals surface area contributed by atoms with E-state index in [-0.39, 0.29) is 12.7 Å². The minimum absolute atomic E-state index is 0.118. The Morgan fingerprint density at radius 3 is 2.79 bits per heavy atom. The van der Waals surface area contributed by atoms with Crippen LogP contribution in [0.4, 0.5) is 5.69 Å². The quantitative estimate of drug-likeness (QED) is 0.598. The summed E-state index contributed by atoms with van der Waals surface area (Å²) < 4.78 is 11.2. The van der Waals surface area contributed by atoms with Gasteiger partial charge in [0.1, 0.15) is 0 Å². The molecule has 0 atom stereocenters. The minimum Gasteiger partial charge on any atom is -0.454 e. The molecule has 0 aliphatic carbocycles. The molecule has 0 spiro atoms. The number of rotatable bonds is 2. The van der Waals surface area contributed by atoms with Crippen molar-refractivity contribution in [3.8, 4) is 11.5 Å². The third-order valence-electron chi connectivity index (χ3n) is 3.88. The topological polar surface area (TPSA) is 38.8 Å². The van der Waals surface area contributed by atoms with Crippen molar-refractivity contribution in [2.75, 3.05) is 11.7 Å². The van der Waals surface area contributed by atoms with E-state index < -0.39 is 0 Å². The van der Waals surface area contributed by atoms with Crippen molar-refractivity contribution in [3.63, 3.8) is 0 Å². The number of ether oxygens (including phenoxy) is 2. The molecule has 2 aliphatic heterocycles. The maximum atomic E-state index is 12.8. The van der Waals surface area contributed by atoms with E-state index in [0.29, 0.717) is 26.4 Å². The molecule has 0 bridgehead atoms. The number of thiocarbonyl (C=S) groups is 1. The van der Waals surface area contributed by atoms with Gasteiger partial charge < -0.3 is 9.47 Å². The van der Waals surface area contributed by atoms with Crippen LogP contribution in [-0.2, 0) is 4.79 Å². The van der Waals surface area contributed by atoms with Crippen LogP contribution in [-0.4, -0.2) is 17.0 Å². The van der Waals surface area contributed by atoms with Gasteiger partial charge in [-0.25, -0.2) is 0 Å². The van der Waals surface area contributed by atoms with Gasteiger partial charge in [0.25, 0.3) is 5.91 Å². The van der Waals surface area contributed by atoms with E-state index >= 15 is 0 Å². The third kappa shape index (κ3) is 2.57. The van der Waals surface area contributed by atoms with E-state index in [4.69, 9.17) is 21.7 Å². The lowest BCUT2D eigenvalue weighted by Crippen LogP contribution is -2.27.